The summed E-state index contributed by atoms with van der Waals surface area (Å²) in [4.78, 5) is 26.2. The van der Waals surface area contributed by atoms with Gasteiger partial charge in [0, 0.05) is 12.1 Å². The number of carbonyl (C=O) groups excluding carboxylic acids is 2. The lowest BCUT2D eigenvalue weighted by molar-refractivity contribution is -0.148. The Morgan fingerprint density at radius 1 is 1.35 bits per heavy atom. The van der Waals surface area contributed by atoms with Gasteiger partial charge in [-0.3, -0.25) is 9.59 Å². The predicted octanol–water partition coefficient (Wildman–Crippen LogP) is 2.22. The Morgan fingerprint density at radius 3 is 2.60 bits per heavy atom. The van der Waals surface area contributed by atoms with E-state index in [0.717, 1.165) is 11.1 Å². The minimum Gasteiger partial charge on any atom is -0.339 e. The average molecular weight is 293 g/mol. The Labute approximate surface area is 123 Å². The second-order valence-corrected chi connectivity index (χ2v) is 5.17. The highest BCUT2D eigenvalue weighted by Crippen LogP contribution is 2.22. The van der Waals surface area contributed by atoms with E-state index in [1.165, 1.54) is 5.54 Å². The number of nitrogens with one attached hydrogen (secondary N) is 1. The van der Waals surface area contributed by atoms with Crippen molar-refractivity contribution in [1.29, 1.82) is 0 Å². The van der Waals surface area contributed by atoms with Gasteiger partial charge < -0.3 is 10.2 Å². The summed E-state index contributed by atoms with van der Waals surface area (Å²) in [5.41, 5.74) is 3.06. The van der Waals surface area contributed by atoms with Gasteiger partial charge in [-0.25, -0.2) is 0 Å². The molecule has 1 aliphatic rings. The first-order valence-electron chi connectivity index (χ1n) is 6.46. The molecular weight excluding hydrogens is 276 g/mol. The van der Waals surface area contributed by atoms with Crippen molar-refractivity contribution < 1.29 is 9.59 Å². The van der Waals surface area contributed by atoms with Crippen LogP contribution >= 0.6 is 11.6 Å². The van der Waals surface area contributed by atoms with E-state index in [1.807, 2.05) is 37.3 Å². The van der Waals surface area contributed by atoms with Gasteiger partial charge in [-0.2, -0.15) is 0 Å². The van der Waals surface area contributed by atoms with Crippen LogP contribution < -0.4 is 5.32 Å². The molecule has 5 heteroatoms. The number of halogens is 1. The zero-order chi connectivity index (χ0) is 14.7. The molecule has 1 N–H and O–H groups in total. The number of amides is 2. The van der Waals surface area contributed by atoms with Crippen LogP contribution in [0.2, 0.25) is 0 Å². The van der Waals surface area contributed by atoms with Gasteiger partial charge in [-0.15, -0.1) is 0 Å². The van der Waals surface area contributed by atoms with Crippen molar-refractivity contribution in [3.63, 3.8) is 0 Å². The molecule has 0 aromatic heterocycles. The van der Waals surface area contributed by atoms with Gasteiger partial charge in [0.15, 0.2) is 0 Å². The van der Waals surface area contributed by atoms with Gasteiger partial charge in [0.25, 0.3) is 5.91 Å². The summed E-state index contributed by atoms with van der Waals surface area (Å²) in [6.45, 7) is 3.91. The topological polar surface area (TPSA) is 49.4 Å². The fourth-order valence-electron chi connectivity index (χ4n) is 2.21. The molecule has 4 nitrogen and oxygen atoms in total. The Morgan fingerprint density at radius 2 is 2.00 bits per heavy atom. The van der Waals surface area contributed by atoms with E-state index in [-0.39, 0.29) is 11.8 Å². The van der Waals surface area contributed by atoms with Crippen molar-refractivity contribution in [2.45, 2.75) is 25.9 Å². The van der Waals surface area contributed by atoms with Crippen LogP contribution in [0.3, 0.4) is 0 Å². The van der Waals surface area contributed by atoms with Gasteiger partial charge in [-0.05, 0) is 25.0 Å². The highest BCUT2D eigenvalue weighted by atomic mass is 35.5. The zero-order valence-electron chi connectivity index (χ0n) is 11.5. The standard InChI is InChI=1S/C15H17ClN2O2/c1-10(8-16)9-18-11(2)14(19)17-13(15(18)20)12-6-4-3-5-7-12/h3-8,11,13H,9H2,1-2H3,(H,17,19)/b10-8+. The van der Waals surface area contributed by atoms with Crippen molar-refractivity contribution in [2.75, 3.05) is 6.54 Å². The van der Waals surface area contributed by atoms with Gasteiger partial charge in [0.05, 0.1) is 0 Å². The van der Waals surface area contributed by atoms with Crippen LogP contribution in [-0.4, -0.2) is 29.3 Å². The predicted molar refractivity (Wildman–Crippen MR) is 78.1 cm³/mol. The molecule has 0 bridgehead atoms. The van der Waals surface area contributed by atoms with Crippen LogP contribution in [0.25, 0.3) is 0 Å². The van der Waals surface area contributed by atoms with Crippen LogP contribution in [0.5, 0.6) is 0 Å². The largest absolute Gasteiger partial charge is 0.339 e. The minimum atomic E-state index is -0.622. The Balaban J connectivity index is 2.29. The molecule has 1 aromatic carbocycles. The van der Waals surface area contributed by atoms with Gasteiger partial charge in [0.1, 0.15) is 12.1 Å². The number of hydrogen-bond acceptors (Lipinski definition) is 2. The van der Waals surface area contributed by atoms with Crippen LogP contribution in [-0.2, 0) is 9.59 Å². The average Bonchev–Trinajstić information content (AvgIpc) is 2.48. The number of carbonyl (C=O) groups is 2. The van der Waals surface area contributed by atoms with Gasteiger partial charge in [-0.1, -0.05) is 41.9 Å². The van der Waals surface area contributed by atoms with Crippen LogP contribution in [0.4, 0.5) is 0 Å². The summed E-state index contributed by atoms with van der Waals surface area (Å²) < 4.78 is 0. The maximum atomic E-state index is 12.6. The molecule has 1 saturated heterocycles. The summed E-state index contributed by atoms with van der Waals surface area (Å²) in [6.07, 6.45) is 0. The zero-order valence-corrected chi connectivity index (χ0v) is 12.2. The number of benzene rings is 1. The molecular formula is C15H17ClN2O2. The number of piperazine rings is 1. The van der Waals surface area contributed by atoms with Crippen molar-refractivity contribution in [3.05, 3.63) is 47.0 Å². The molecule has 0 aliphatic carbocycles. The van der Waals surface area contributed by atoms with E-state index in [2.05, 4.69) is 5.32 Å². The van der Waals surface area contributed by atoms with E-state index in [9.17, 15) is 9.59 Å². The van der Waals surface area contributed by atoms with E-state index < -0.39 is 12.1 Å². The molecule has 20 heavy (non-hydrogen) atoms. The van der Waals surface area contributed by atoms with Crippen molar-refractivity contribution in [1.82, 2.24) is 10.2 Å². The second-order valence-electron chi connectivity index (χ2n) is 4.95. The lowest BCUT2D eigenvalue weighted by Gasteiger charge is -2.37. The lowest BCUT2D eigenvalue weighted by atomic mass is 10.0. The number of hydrogen-bond donors (Lipinski definition) is 1. The number of rotatable bonds is 3. The van der Waals surface area contributed by atoms with E-state index in [4.69, 9.17) is 11.6 Å². The molecule has 0 spiro atoms. The van der Waals surface area contributed by atoms with Gasteiger partial charge in [0.2, 0.25) is 5.91 Å². The summed E-state index contributed by atoms with van der Waals surface area (Å²) >= 11 is 5.66. The summed E-state index contributed by atoms with van der Waals surface area (Å²) in [5.74, 6) is -0.262. The highest BCUT2D eigenvalue weighted by molar-refractivity contribution is 6.25. The quantitative estimate of drug-likeness (QED) is 0.929. The highest BCUT2D eigenvalue weighted by Gasteiger charge is 2.38. The number of nitrogens with zero attached hydrogens (tertiary/aromatic N) is 1. The molecule has 1 heterocycles. The maximum Gasteiger partial charge on any atom is 0.250 e. The van der Waals surface area contributed by atoms with Gasteiger partial charge >= 0.3 is 0 Å². The fraction of sp³-hybridized carbons (Fsp3) is 0.333. The Bertz CT molecular complexity index is 542. The van der Waals surface area contributed by atoms with E-state index in [1.54, 1.807) is 11.8 Å². The smallest absolute Gasteiger partial charge is 0.250 e. The van der Waals surface area contributed by atoms with Crippen LogP contribution in [0.15, 0.2) is 41.4 Å². The first-order chi connectivity index (χ1) is 9.54. The van der Waals surface area contributed by atoms with Crippen molar-refractivity contribution in [2.24, 2.45) is 0 Å². The fourth-order valence-corrected chi connectivity index (χ4v) is 2.28. The lowest BCUT2D eigenvalue weighted by Crippen LogP contribution is -2.58. The third-order valence-electron chi connectivity index (χ3n) is 3.40. The summed E-state index contributed by atoms with van der Waals surface area (Å²) in [7, 11) is 0. The van der Waals surface area contributed by atoms with Crippen molar-refractivity contribution >= 4 is 23.4 Å². The second kappa shape index (κ2) is 6.09. The molecule has 2 rings (SSSR count). The Kier molecular flexibility index (Phi) is 4.45. The molecule has 1 fully saturated rings. The normalized spacial score (nSPS) is 23.8. The summed E-state index contributed by atoms with van der Waals surface area (Å²) in [5, 5.41) is 2.77. The maximum absolute atomic E-state index is 12.6. The monoisotopic (exact) mass is 292 g/mol. The van der Waals surface area contributed by atoms with Crippen molar-refractivity contribution in [3.8, 4) is 0 Å². The molecule has 1 aromatic rings. The molecule has 0 saturated carbocycles. The molecule has 2 amide bonds. The third kappa shape index (κ3) is 2.85. The van der Waals surface area contributed by atoms with Crippen LogP contribution in [0.1, 0.15) is 25.5 Å². The first-order valence-corrected chi connectivity index (χ1v) is 6.90. The molecule has 106 valence electrons. The first kappa shape index (κ1) is 14.6. The summed E-state index contributed by atoms with van der Waals surface area (Å²) in [6, 6.07) is 8.13. The molecule has 0 radical (unpaired) electrons. The SMILES string of the molecule is C/C(=C\Cl)CN1C(=O)C(c2ccccc2)NC(=O)C1C. The molecule has 2 unspecified atom stereocenters. The van der Waals surface area contributed by atoms with E-state index in [0.29, 0.717) is 6.54 Å². The molecule has 1 aliphatic heterocycles. The van der Waals surface area contributed by atoms with Crippen LogP contribution in [0, 0.1) is 0 Å². The molecule has 2 atom stereocenters. The van der Waals surface area contributed by atoms with E-state index >= 15 is 0 Å². The Hall–Kier alpha value is -1.81. The minimum absolute atomic E-state index is 0.110. The third-order valence-corrected chi connectivity index (χ3v) is 3.78.